The molecule has 0 aliphatic carbocycles. The highest BCUT2D eigenvalue weighted by atomic mass is 32.2. The second-order valence-electron chi connectivity index (χ2n) is 5.36. The van der Waals surface area contributed by atoms with E-state index in [2.05, 4.69) is 0 Å². The van der Waals surface area contributed by atoms with Gasteiger partial charge in [0.1, 0.15) is 0 Å². The van der Waals surface area contributed by atoms with Crippen molar-refractivity contribution in [3.05, 3.63) is 40.8 Å². The van der Waals surface area contributed by atoms with Crippen LogP contribution in [0.2, 0.25) is 0 Å². The third kappa shape index (κ3) is 2.76. The predicted molar refractivity (Wildman–Crippen MR) is 87.8 cm³/mol. The minimum atomic E-state index is -3.36. The maximum atomic E-state index is 12.4. The summed E-state index contributed by atoms with van der Waals surface area (Å²) < 4.78 is 24.7. The van der Waals surface area contributed by atoms with Crippen molar-refractivity contribution in [1.82, 2.24) is 4.90 Å². The van der Waals surface area contributed by atoms with Gasteiger partial charge in [-0.3, -0.25) is 4.79 Å². The molecule has 1 aromatic carbocycles. The van der Waals surface area contributed by atoms with Crippen LogP contribution in [0.25, 0.3) is 10.4 Å². The minimum Gasteiger partial charge on any atom is -0.340 e. The van der Waals surface area contributed by atoms with E-state index in [0.29, 0.717) is 27.4 Å². The van der Waals surface area contributed by atoms with Crippen molar-refractivity contribution >= 4 is 27.1 Å². The molecule has 0 N–H and O–H groups in total. The third-order valence-corrected chi connectivity index (χ3v) is 6.65. The maximum Gasteiger partial charge on any atom is 0.263 e. The lowest BCUT2D eigenvalue weighted by Crippen LogP contribution is -2.26. The summed E-state index contributed by atoms with van der Waals surface area (Å²) in [5.41, 5.74) is 1.34. The molecule has 3 rings (SSSR count). The SMILES string of the molecule is CN(CCC#N)C(=O)c1cc2c(s1)-c1ccccc1S(=O)(=O)C2. The molecule has 1 amide bonds. The van der Waals surface area contributed by atoms with Crippen molar-refractivity contribution in [2.24, 2.45) is 0 Å². The molecule has 5 nitrogen and oxygen atoms in total. The smallest absolute Gasteiger partial charge is 0.263 e. The van der Waals surface area contributed by atoms with Gasteiger partial charge in [0.25, 0.3) is 5.91 Å². The molecule has 7 heteroatoms. The zero-order valence-corrected chi connectivity index (χ0v) is 14.1. The molecule has 23 heavy (non-hydrogen) atoms. The Morgan fingerprint density at radius 1 is 1.39 bits per heavy atom. The number of hydrogen-bond acceptors (Lipinski definition) is 5. The average molecular weight is 346 g/mol. The van der Waals surface area contributed by atoms with Crippen molar-refractivity contribution in [2.45, 2.75) is 17.1 Å². The highest BCUT2D eigenvalue weighted by Crippen LogP contribution is 2.42. The van der Waals surface area contributed by atoms with Gasteiger partial charge in [-0.05, 0) is 17.7 Å². The zero-order valence-electron chi connectivity index (χ0n) is 12.4. The van der Waals surface area contributed by atoms with E-state index < -0.39 is 9.84 Å². The van der Waals surface area contributed by atoms with Crippen LogP contribution in [-0.2, 0) is 15.6 Å². The lowest BCUT2D eigenvalue weighted by molar-refractivity contribution is 0.0802. The van der Waals surface area contributed by atoms with Gasteiger partial charge in [0.15, 0.2) is 9.84 Å². The number of carbonyl (C=O) groups excluding carboxylic acids is 1. The Hall–Kier alpha value is -2.17. The quantitative estimate of drug-likeness (QED) is 0.856. The van der Waals surface area contributed by atoms with Crippen LogP contribution < -0.4 is 0 Å². The molecule has 0 bridgehead atoms. The van der Waals surface area contributed by atoms with Crippen molar-refractivity contribution < 1.29 is 13.2 Å². The van der Waals surface area contributed by atoms with Crippen molar-refractivity contribution in [3.8, 4) is 16.5 Å². The van der Waals surface area contributed by atoms with Gasteiger partial charge >= 0.3 is 0 Å². The van der Waals surface area contributed by atoms with Gasteiger partial charge in [-0.15, -0.1) is 11.3 Å². The number of rotatable bonds is 3. The van der Waals surface area contributed by atoms with Crippen LogP contribution in [0.5, 0.6) is 0 Å². The number of hydrogen-bond donors (Lipinski definition) is 0. The molecule has 1 aliphatic rings. The molecule has 2 aromatic rings. The van der Waals surface area contributed by atoms with E-state index in [1.54, 1.807) is 37.4 Å². The number of benzene rings is 1. The van der Waals surface area contributed by atoms with Crippen LogP contribution in [0, 0.1) is 11.3 Å². The number of fused-ring (bicyclic) bond motifs is 3. The van der Waals surface area contributed by atoms with E-state index in [1.807, 2.05) is 6.07 Å². The predicted octanol–water partition coefficient (Wildman–Crippen LogP) is 2.69. The number of amides is 1. The Morgan fingerprint density at radius 2 is 2.13 bits per heavy atom. The first-order valence-electron chi connectivity index (χ1n) is 7.01. The summed E-state index contributed by atoms with van der Waals surface area (Å²) in [6, 6.07) is 10.6. The molecule has 0 atom stereocenters. The number of thiophene rings is 1. The molecule has 0 saturated carbocycles. The Bertz CT molecular complexity index is 923. The number of nitrogens with zero attached hydrogens (tertiary/aromatic N) is 2. The molecule has 0 radical (unpaired) electrons. The summed E-state index contributed by atoms with van der Waals surface area (Å²) in [7, 11) is -1.72. The number of carbonyl (C=O) groups is 1. The van der Waals surface area contributed by atoms with Crippen LogP contribution in [0.3, 0.4) is 0 Å². The number of sulfone groups is 1. The van der Waals surface area contributed by atoms with Gasteiger partial charge in [-0.1, -0.05) is 18.2 Å². The fraction of sp³-hybridized carbons (Fsp3) is 0.250. The van der Waals surface area contributed by atoms with Gasteiger partial charge in [0, 0.05) is 24.0 Å². The Morgan fingerprint density at radius 3 is 2.87 bits per heavy atom. The van der Waals surface area contributed by atoms with E-state index in [1.165, 1.54) is 16.2 Å². The van der Waals surface area contributed by atoms with Crippen molar-refractivity contribution in [2.75, 3.05) is 13.6 Å². The van der Waals surface area contributed by atoms with Gasteiger partial charge in [0.2, 0.25) is 0 Å². The molecule has 118 valence electrons. The lowest BCUT2D eigenvalue weighted by Gasteiger charge is -2.15. The van der Waals surface area contributed by atoms with E-state index in [9.17, 15) is 13.2 Å². The molecule has 1 aromatic heterocycles. The molecule has 0 unspecified atom stereocenters. The number of nitriles is 1. The van der Waals surface area contributed by atoms with Gasteiger partial charge < -0.3 is 4.90 Å². The second kappa shape index (κ2) is 5.80. The molecule has 2 heterocycles. The Balaban J connectivity index is 2.02. The van der Waals surface area contributed by atoms with E-state index in [4.69, 9.17) is 5.26 Å². The van der Waals surface area contributed by atoms with E-state index in [0.717, 1.165) is 4.88 Å². The van der Waals surface area contributed by atoms with Gasteiger partial charge in [-0.25, -0.2) is 8.42 Å². The van der Waals surface area contributed by atoms with E-state index in [-0.39, 0.29) is 18.1 Å². The van der Waals surface area contributed by atoms with Crippen LogP contribution in [0.4, 0.5) is 0 Å². The zero-order chi connectivity index (χ0) is 16.6. The maximum absolute atomic E-state index is 12.4. The van der Waals surface area contributed by atoms with Crippen LogP contribution in [0.15, 0.2) is 35.2 Å². The van der Waals surface area contributed by atoms with Crippen molar-refractivity contribution in [3.63, 3.8) is 0 Å². The molecular formula is C16H14N2O3S2. The average Bonchev–Trinajstić information content (AvgIpc) is 2.95. The summed E-state index contributed by atoms with van der Waals surface area (Å²) in [6.45, 7) is 0.354. The van der Waals surface area contributed by atoms with E-state index >= 15 is 0 Å². The van der Waals surface area contributed by atoms with Gasteiger partial charge in [0.05, 0.1) is 28.0 Å². The fourth-order valence-electron chi connectivity index (χ4n) is 2.58. The first-order chi connectivity index (χ1) is 10.9. The molecule has 0 saturated heterocycles. The Kier molecular flexibility index (Phi) is 3.96. The molecular weight excluding hydrogens is 332 g/mol. The minimum absolute atomic E-state index is 0.0783. The van der Waals surface area contributed by atoms with Gasteiger partial charge in [-0.2, -0.15) is 5.26 Å². The van der Waals surface area contributed by atoms with Crippen LogP contribution in [0.1, 0.15) is 21.7 Å². The lowest BCUT2D eigenvalue weighted by atomic mass is 10.1. The third-order valence-electron chi connectivity index (χ3n) is 3.74. The summed E-state index contributed by atoms with van der Waals surface area (Å²) in [5, 5.41) is 8.61. The topological polar surface area (TPSA) is 78.2 Å². The first-order valence-corrected chi connectivity index (χ1v) is 9.48. The van der Waals surface area contributed by atoms with Crippen LogP contribution >= 0.6 is 11.3 Å². The molecule has 1 aliphatic heterocycles. The first kappa shape index (κ1) is 15.7. The highest BCUT2D eigenvalue weighted by molar-refractivity contribution is 7.91. The largest absolute Gasteiger partial charge is 0.340 e. The van der Waals surface area contributed by atoms with Crippen molar-refractivity contribution in [1.29, 1.82) is 5.26 Å². The monoisotopic (exact) mass is 346 g/mol. The summed E-state index contributed by atoms with van der Waals surface area (Å²) in [6.07, 6.45) is 0.268. The van der Waals surface area contributed by atoms with Crippen LogP contribution in [-0.4, -0.2) is 32.8 Å². The second-order valence-corrected chi connectivity index (χ2v) is 8.37. The fourth-order valence-corrected chi connectivity index (χ4v) is 5.54. The summed E-state index contributed by atoms with van der Waals surface area (Å²) >= 11 is 1.31. The summed E-state index contributed by atoms with van der Waals surface area (Å²) in [4.78, 5) is 15.6. The summed E-state index contributed by atoms with van der Waals surface area (Å²) in [5.74, 6) is -0.264. The standard InChI is InChI=1S/C16H14N2O3S2/c1-18(8-4-7-17)16(19)13-9-11-10-23(20,21)14-6-3-2-5-12(14)15(11)22-13/h2-3,5-6,9H,4,8,10H2,1H3. The Labute approximate surface area is 138 Å². The molecule has 0 fully saturated rings. The normalized spacial score (nSPS) is 14.4. The molecule has 0 spiro atoms. The highest BCUT2D eigenvalue weighted by Gasteiger charge is 2.30.